The summed E-state index contributed by atoms with van der Waals surface area (Å²) in [5, 5.41) is 8.33. The lowest BCUT2D eigenvalue weighted by molar-refractivity contribution is 0.768. The fourth-order valence-corrected chi connectivity index (χ4v) is 3.67. The van der Waals surface area contributed by atoms with Crippen molar-refractivity contribution in [2.45, 2.75) is 0 Å². The molecule has 8 heteroatoms. The van der Waals surface area contributed by atoms with Gasteiger partial charge in [-0.3, -0.25) is 9.08 Å². The highest BCUT2D eigenvalue weighted by Crippen LogP contribution is 2.29. The molecule has 0 atom stereocenters. The first-order valence-electron chi connectivity index (χ1n) is 7.71. The molecule has 0 amide bonds. The molecule has 0 bridgehead atoms. The number of aryl methyl sites for hydroxylation is 1. The number of imidazole rings is 1. The Hall–Kier alpha value is -3.26. The number of rotatable bonds is 3. The fraction of sp³-hybridized carbons (Fsp3) is 0.0588. The lowest BCUT2D eigenvalue weighted by Crippen LogP contribution is -1.98. The van der Waals surface area contributed by atoms with E-state index >= 15 is 0 Å². The Labute approximate surface area is 146 Å². The lowest BCUT2D eigenvalue weighted by Gasteiger charge is -2.04. The highest BCUT2D eigenvalue weighted by molar-refractivity contribution is 7.22. The molecule has 0 aliphatic rings. The largest absolute Gasteiger partial charge is 0.313 e. The van der Waals surface area contributed by atoms with E-state index in [9.17, 15) is 0 Å². The van der Waals surface area contributed by atoms with Gasteiger partial charge in [-0.25, -0.2) is 15.0 Å². The zero-order chi connectivity index (χ0) is 16.8. The van der Waals surface area contributed by atoms with Gasteiger partial charge >= 0.3 is 0 Å². The van der Waals surface area contributed by atoms with Gasteiger partial charge in [0.05, 0.1) is 28.3 Å². The second-order valence-electron chi connectivity index (χ2n) is 5.63. The zero-order valence-electron chi connectivity index (χ0n) is 13.3. The average Bonchev–Trinajstić information content (AvgIpc) is 3.32. The number of para-hydroxylation sites is 1. The molecule has 0 radical (unpaired) electrons. The molecule has 4 aromatic heterocycles. The first kappa shape index (κ1) is 14.1. The van der Waals surface area contributed by atoms with Crippen molar-refractivity contribution in [1.82, 2.24) is 29.1 Å². The minimum atomic E-state index is 0.677. The molecule has 25 heavy (non-hydrogen) atoms. The number of thiazole rings is 1. The molecule has 0 unspecified atom stereocenters. The number of aromatic nitrogens is 6. The molecule has 7 nitrogen and oxygen atoms in total. The number of nitrogens with zero attached hydrogens (tertiary/aromatic N) is 6. The van der Waals surface area contributed by atoms with Crippen LogP contribution in [0.15, 0.2) is 55.2 Å². The maximum absolute atomic E-state index is 4.60. The SMILES string of the molecule is Cn1cc(-c2cnc3c(Nc4nc5ccccc5s4)nccn23)cn1. The molecule has 1 aromatic carbocycles. The van der Waals surface area contributed by atoms with E-state index in [0.717, 1.165) is 32.3 Å². The zero-order valence-corrected chi connectivity index (χ0v) is 14.1. The number of benzene rings is 1. The summed E-state index contributed by atoms with van der Waals surface area (Å²) in [7, 11) is 1.90. The molecule has 0 saturated carbocycles. The summed E-state index contributed by atoms with van der Waals surface area (Å²) in [5.41, 5.74) is 3.70. The second kappa shape index (κ2) is 5.38. The molecule has 0 aliphatic carbocycles. The van der Waals surface area contributed by atoms with Crippen LogP contribution in [0.5, 0.6) is 0 Å². The van der Waals surface area contributed by atoms with Crippen molar-refractivity contribution in [3.63, 3.8) is 0 Å². The number of anilines is 2. The van der Waals surface area contributed by atoms with Crippen LogP contribution in [0, 0.1) is 0 Å². The van der Waals surface area contributed by atoms with E-state index < -0.39 is 0 Å². The molecule has 122 valence electrons. The van der Waals surface area contributed by atoms with Gasteiger partial charge in [0.25, 0.3) is 0 Å². The van der Waals surface area contributed by atoms with Gasteiger partial charge in [-0.05, 0) is 12.1 Å². The van der Waals surface area contributed by atoms with E-state index in [1.165, 1.54) is 0 Å². The molecule has 0 spiro atoms. The molecular formula is C17H13N7S. The predicted molar refractivity (Wildman–Crippen MR) is 98.1 cm³/mol. The maximum atomic E-state index is 4.60. The first-order valence-corrected chi connectivity index (χ1v) is 8.53. The van der Waals surface area contributed by atoms with Gasteiger partial charge in [-0.1, -0.05) is 23.5 Å². The Balaban J connectivity index is 1.58. The van der Waals surface area contributed by atoms with Crippen molar-refractivity contribution in [2.24, 2.45) is 7.05 Å². The third-order valence-electron chi connectivity index (χ3n) is 3.95. The summed E-state index contributed by atoms with van der Waals surface area (Å²) in [6.45, 7) is 0. The topological polar surface area (TPSA) is 72.9 Å². The quantitative estimate of drug-likeness (QED) is 0.541. The van der Waals surface area contributed by atoms with Crippen LogP contribution in [0.4, 0.5) is 10.9 Å². The standard InChI is InChI=1S/C17H13N7S/c1-23-10-11(8-20-23)13-9-19-16-15(18-6-7-24(13)16)22-17-21-12-4-2-3-5-14(12)25-17/h2-10H,1H3,(H,18,21,22). The third kappa shape index (κ3) is 2.34. The summed E-state index contributed by atoms with van der Waals surface area (Å²) in [4.78, 5) is 13.6. The van der Waals surface area contributed by atoms with Crippen molar-refractivity contribution in [3.8, 4) is 11.3 Å². The number of nitrogens with one attached hydrogen (secondary N) is 1. The van der Waals surface area contributed by atoms with Crippen LogP contribution in [0.25, 0.3) is 27.1 Å². The van der Waals surface area contributed by atoms with Crippen molar-refractivity contribution >= 4 is 38.2 Å². The fourth-order valence-electron chi connectivity index (χ4n) is 2.80. The van der Waals surface area contributed by atoms with E-state index in [1.54, 1.807) is 22.2 Å². The monoisotopic (exact) mass is 347 g/mol. The van der Waals surface area contributed by atoms with Gasteiger partial charge < -0.3 is 5.32 Å². The summed E-state index contributed by atoms with van der Waals surface area (Å²) in [6, 6.07) is 8.06. The molecule has 4 heterocycles. The summed E-state index contributed by atoms with van der Waals surface area (Å²) in [5.74, 6) is 0.677. The van der Waals surface area contributed by atoms with E-state index in [4.69, 9.17) is 0 Å². The van der Waals surface area contributed by atoms with Crippen LogP contribution in [0.1, 0.15) is 0 Å². The van der Waals surface area contributed by atoms with Crippen LogP contribution in [-0.2, 0) is 7.05 Å². The van der Waals surface area contributed by atoms with Gasteiger partial charge in [0.15, 0.2) is 16.6 Å². The molecular weight excluding hydrogens is 334 g/mol. The van der Waals surface area contributed by atoms with Crippen LogP contribution < -0.4 is 5.32 Å². The Morgan fingerprint density at radius 2 is 2.04 bits per heavy atom. The Bertz CT molecular complexity index is 1170. The first-order chi connectivity index (χ1) is 12.3. The normalized spacial score (nSPS) is 11.4. The van der Waals surface area contributed by atoms with Gasteiger partial charge in [0, 0.05) is 31.2 Å². The Morgan fingerprint density at radius 3 is 2.88 bits per heavy atom. The van der Waals surface area contributed by atoms with Gasteiger partial charge in [0.1, 0.15) is 0 Å². The molecule has 0 saturated heterocycles. The van der Waals surface area contributed by atoms with Crippen LogP contribution in [0.3, 0.4) is 0 Å². The molecule has 5 rings (SSSR count). The van der Waals surface area contributed by atoms with Crippen LogP contribution in [0.2, 0.25) is 0 Å². The average molecular weight is 347 g/mol. The Kier molecular flexibility index (Phi) is 3.04. The van der Waals surface area contributed by atoms with Crippen molar-refractivity contribution in [1.29, 1.82) is 0 Å². The van der Waals surface area contributed by atoms with Gasteiger partial charge in [0.2, 0.25) is 0 Å². The third-order valence-corrected chi connectivity index (χ3v) is 4.90. The van der Waals surface area contributed by atoms with Crippen LogP contribution in [-0.4, -0.2) is 29.1 Å². The molecule has 5 aromatic rings. The Morgan fingerprint density at radius 1 is 1.12 bits per heavy atom. The van der Waals surface area contributed by atoms with E-state index in [-0.39, 0.29) is 0 Å². The van der Waals surface area contributed by atoms with E-state index in [1.807, 2.05) is 54.4 Å². The summed E-state index contributed by atoms with van der Waals surface area (Å²) >= 11 is 1.59. The highest BCUT2D eigenvalue weighted by atomic mass is 32.1. The van der Waals surface area contributed by atoms with Crippen molar-refractivity contribution < 1.29 is 0 Å². The van der Waals surface area contributed by atoms with Crippen molar-refractivity contribution in [3.05, 3.63) is 55.2 Å². The van der Waals surface area contributed by atoms with Gasteiger partial charge in [-0.2, -0.15) is 5.10 Å². The molecule has 0 fully saturated rings. The van der Waals surface area contributed by atoms with E-state index in [2.05, 4.69) is 31.4 Å². The van der Waals surface area contributed by atoms with Gasteiger partial charge in [-0.15, -0.1) is 0 Å². The minimum Gasteiger partial charge on any atom is -0.313 e. The number of fused-ring (bicyclic) bond motifs is 2. The lowest BCUT2D eigenvalue weighted by atomic mass is 10.3. The maximum Gasteiger partial charge on any atom is 0.189 e. The predicted octanol–water partition coefficient (Wildman–Crippen LogP) is 3.48. The minimum absolute atomic E-state index is 0.677. The van der Waals surface area contributed by atoms with Crippen molar-refractivity contribution in [2.75, 3.05) is 5.32 Å². The smallest absolute Gasteiger partial charge is 0.189 e. The highest BCUT2D eigenvalue weighted by Gasteiger charge is 2.13. The number of hydrogen-bond acceptors (Lipinski definition) is 6. The number of hydrogen-bond donors (Lipinski definition) is 1. The molecule has 1 N–H and O–H groups in total. The van der Waals surface area contributed by atoms with E-state index in [0.29, 0.717) is 5.82 Å². The summed E-state index contributed by atoms with van der Waals surface area (Å²) < 4.78 is 4.91. The second-order valence-corrected chi connectivity index (χ2v) is 6.66. The molecule has 0 aliphatic heterocycles. The summed E-state index contributed by atoms with van der Waals surface area (Å²) in [6.07, 6.45) is 9.27. The van der Waals surface area contributed by atoms with Crippen LogP contribution >= 0.6 is 11.3 Å².